The molecule has 3 heteroatoms. The van der Waals surface area contributed by atoms with Crippen LogP contribution in [0.4, 0.5) is 0 Å². The maximum atomic E-state index is 12.2. The summed E-state index contributed by atoms with van der Waals surface area (Å²) in [4.78, 5) is 14.0. The molecule has 1 amide bonds. The summed E-state index contributed by atoms with van der Waals surface area (Å²) >= 11 is 0. The third-order valence-corrected chi connectivity index (χ3v) is 3.39. The summed E-state index contributed by atoms with van der Waals surface area (Å²) in [5, 5.41) is 0. The molecule has 3 rings (SSSR count). The molecule has 1 saturated heterocycles. The van der Waals surface area contributed by atoms with E-state index in [2.05, 4.69) is 12.1 Å². The Bertz CT molecular complexity index is 461. The molecule has 0 N–H and O–H groups in total. The van der Waals surface area contributed by atoms with Crippen LogP contribution in [0, 0.1) is 5.92 Å². The number of nitrogens with zero attached hydrogens (tertiary/aromatic N) is 1. The minimum atomic E-state index is 0.0462. The average Bonchev–Trinajstić information content (AvgIpc) is 2.91. The second kappa shape index (κ2) is 4.34. The van der Waals surface area contributed by atoms with Gasteiger partial charge in [-0.2, -0.15) is 0 Å². The molecule has 2 heterocycles. The van der Waals surface area contributed by atoms with Crippen molar-refractivity contribution in [3.63, 3.8) is 0 Å². The van der Waals surface area contributed by atoms with Crippen LogP contribution in [0.15, 0.2) is 30.5 Å². The van der Waals surface area contributed by atoms with Crippen LogP contribution in [0.2, 0.25) is 0 Å². The van der Waals surface area contributed by atoms with Crippen LogP contribution in [-0.4, -0.2) is 24.0 Å². The van der Waals surface area contributed by atoms with Crippen LogP contribution < -0.4 is 0 Å². The number of carbonyl (C=O) groups is 1. The maximum absolute atomic E-state index is 12.2. The lowest BCUT2D eigenvalue weighted by Gasteiger charge is -2.25. The predicted octanol–water partition coefficient (Wildman–Crippen LogP) is 2.04. The maximum Gasteiger partial charge on any atom is 0.232 e. The molecule has 1 atom stereocenters. The fraction of sp³-hybridized carbons (Fsp3) is 0.357. The molecule has 88 valence electrons. The van der Waals surface area contributed by atoms with E-state index in [0.717, 1.165) is 6.42 Å². The second-order valence-corrected chi connectivity index (χ2v) is 4.54. The van der Waals surface area contributed by atoms with Crippen molar-refractivity contribution in [2.45, 2.75) is 13.0 Å². The Morgan fingerprint density at radius 2 is 2.24 bits per heavy atom. The van der Waals surface area contributed by atoms with E-state index < -0.39 is 0 Å². The van der Waals surface area contributed by atoms with Crippen LogP contribution in [0.5, 0.6) is 0 Å². The molecule has 17 heavy (non-hydrogen) atoms. The molecule has 0 aromatic heterocycles. The monoisotopic (exact) mass is 229 g/mol. The van der Waals surface area contributed by atoms with Gasteiger partial charge < -0.3 is 9.64 Å². The van der Waals surface area contributed by atoms with E-state index in [0.29, 0.717) is 19.8 Å². The SMILES string of the molecule is O=C(C1CCOC1)N1C=Cc2ccccc2C1. The first kappa shape index (κ1) is 10.5. The lowest BCUT2D eigenvalue weighted by molar-refractivity contribution is -0.133. The number of ether oxygens (including phenoxy) is 1. The first-order chi connectivity index (χ1) is 8.34. The molecule has 0 radical (unpaired) electrons. The Morgan fingerprint density at radius 3 is 3.06 bits per heavy atom. The quantitative estimate of drug-likeness (QED) is 0.737. The van der Waals surface area contributed by atoms with Crippen LogP contribution in [0.25, 0.3) is 6.08 Å². The Kier molecular flexibility index (Phi) is 2.69. The molecule has 0 bridgehead atoms. The van der Waals surface area contributed by atoms with Crippen molar-refractivity contribution in [1.82, 2.24) is 4.90 Å². The third-order valence-electron chi connectivity index (χ3n) is 3.39. The second-order valence-electron chi connectivity index (χ2n) is 4.54. The molecule has 0 saturated carbocycles. The van der Waals surface area contributed by atoms with Gasteiger partial charge in [-0.15, -0.1) is 0 Å². The lowest BCUT2D eigenvalue weighted by Crippen LogP contribution is -2.33. The highest BCUT2D eigenvalue weighted by Crippen LogP contribution is 2.23. The standard InChI is InChI=1S/C14H15NO2/c16-14(13-6-8-17-10-13)15-7-5-11-3-1-2-4-12(11)9-15/h1-5,7,13H,6,8-10H2. The van der Waals surface area contributed by atoms with Gasteiger partial charge in [-0.25, -0.2) is 0 Å². The molecular formula is C14H15NO2. The van der Waals surface area contributed by atoms with Crippen LogP contribution >= 0.6 is 0 Å². The minimum absolute atomic E-state index is 0.0462. The van der Waals surface area contributed by atoms with E-state index >= 15 is 0 Å². The molecule has 0 spiro atoms. The van der Waals surface area contributed by atoms with Gasteiger partial charge in [-0.1, -0.05) is 24.3 Å². The normalized spacial score (nSPS) is 22.6. The van der Waals surface area contributed by atoms with Gasteiger partial charge in [0.2, 0.25) is 5.91 Å². The largest absolute Gasteiger partial charge is 0.381 e. The number of hydrogen-bond acceptors (Lipinski definition) is 2. The highest BCUT2D eigenvalue weighted by molar-refractivity contribution is 5.81. The minimum Gasteiger partial charge on any atom is -0.381 e. The van der Waals surface area contributed by atoms with Crippen molar-refractivity contribution in [2.24, 2.45) is 5.92 Å². The first-order valence-corrected chi connectivity index (χ1v) is 5.99. The van der Waals surface area contributed by atoms with E-state index in [-0.39, 0.29) is 11.8 Å². The summed E-state index contributed by atoms with van der Waals surface area (Å²) in [6.45, 7) is 1.97. The van der Waals surface area contributed by atoms with E-state index in [1.807, 2.05) is 29.3 Å². The molecule has 1 unspecified atom stereocenters. The van der Waals surface area contributed by atoms with Crippen LogP contribution in [0.1, 0.15) is 17.5 Å². The number of fused-ring (bicyclic) bond motifs is 1. The summed E-state index contributed by atoms with van der Waals surface area (Å²) in [6.07, 6.45) is 4.75. The van der Waals surface area contributed by atoms with Crippen molar-refractivity contribution in [3.8, 4) is 0 Å². The highest BCUT2D eigenvalue weighted by atomic mass is 16.5. The summed E-state index contributed by atoms with van der Waals surface area (Å²) in [7, 11) is 0. The van der Waals surface area contributed by atoms with Gasteiger partial charge in [0.05, 0.1) is 19.1 Å². The van der Waals surface area contributed by atoms with Crippen molar-refractivity contribution >= 4 is 12.0 Å². The van der Waals surface area contributed by atoms with Gasteiger partial charge in [-0.05, 0) is 23.6 Å². The van der Waals surface area contributed by atoms with Crippen molar-refractivity contribution < 1.29 is 9.53 Å². The van der Waals surface area contributed by atoms with Gasteiger partial charge in [0.15, 0.2) is 0 Å². The first-order valence-electron chi connectivity index (χ1n) is 5.99. The van der Waals surface area contributed by atoms with Crippen LogP contribution in [0.3, 0.4) is 0 Å². The van der Waals surface area contributed by atoms with Gasteiger partial charge in [0.25, 0.3) is 0 Å². The third kappa shape index (κ3) is 1.98. The molecular weight excluding hydrogens is 214 g/mol. The zero-order chi connectivity index (χ0) is 11.7. The number of benzene rings is 1. The Hall–Kier alpha value is -1.61. The van der Waals surface area contributed by atoms with Gasteiger partial charge in [-0.3, -0.25) is 4.79 Å². The van der Waals surface area contributed by atoms with E-state index in [9.17, 15) is 4.79 Å². The van der Waals surface area contributed by atoms with Crippen molar-refractivity contribution in [1.29, 1.82) is 0 Å². The van der Waals surface area contributed by atoms with Gasteiger partial charge in [0, 0.05) is 12.8 Å². The molecule has 1 fully saturated rings. The summed E-state index contributed by atoms with van der Waals surface area (Å²) < 4.78 is 5.27. The Balaban J connectivity index is 1.78. The lowest BCUT2D eigenvalue weighted by atomic mass is 10.0. The Labute approximate surface area is 101 Å². The molecule has 2 aliphatic rings. The number of hydrogen-bond donors (Lipinski definition) is 0. The summed E-state index contributed by atoms with van der Waals surface area (Å²) in [5.74, 6) is 0.234. The zero-order valence-electron chi connectivity index (χ0n) is 9.63. The molecule has 0 aliphatic carbocycles. The van der Waals surface area contributed by atoms with Gasteiger partial charge in [0.1, 0.15) is 0 Å². The smallest absolute Gasteiger partial charge is 0.232 e. The topological polar surface area (TPSA) is 29.5 Å². The van der Waals surface area contributed by atoms with E-state index in [1.165, 1.54) is 11.1 Å². The van der Waals surface area contributed by atoms with E-state index in [1.54, 1.807) is 0 Å². The molecule has 1 aromatic carbocycles. The average molecular weight is 229 g/mol. The number of carbonyl (C=O) groups excluding carboxylic acids is 1. The van der Waals surface area contributed by atoms with E-state index in [4.69, 9.17) is 4.74 Å². The number of amides is 1. The van der Waals surface area contributed by atoms with Crippen molar-refractivity contribution in [2.75, 3.05) is 13.2 Å². The van der Waals surface area contributed by atoms with Crippen LogP contribution in [-0.2, 0) is 16.1 Å². The molecule has 2 aliphatic heterocycles. The zero-order valence-corrected chi connectivity index (χ0v) is 9.63. The highest BCUT2D eigenvalue weighted by Gasteiger charge is 2.28. The molecule has 1 aromatic rings. The van der Waals surface area contributed by atoms with Crippen molar-refractivity contribution in [3.05, 3.63) is 41.6 Å². The fourth-order valence-corrected chi connectivity index (χ4v) is 2.36. The summed E-state index contributed by atoms with van der Waals surface area (Å²) in [6, 6.07) is 8.18. The Morgan fingerprint density at radius 1 is 1.35 bits per heavy atom. The van der Waals surface area contributed by atoms with Gasteiger partial charge >= 0.3 is 0 Å². The number of rotatable bonds is 1. The summed E-state index contributed by atoms with van der Waals surface area (Å²) in [5.41, 5.74) is 2.42. The predicted molar refractivity (Wildman–Crippen MR) is 65.0 cm³/mol. The molecule has 3 nitrogen and oxygen atoms in total. The fourth-order valence-electron chi connectivity index (χ4n) is 2.36.